The van der Waals surface area contributed by atoms with Crippen molar-refractivity contribution in [2.45, 2.75) is 76.9 Å². The lowest BCUT2D eigenvalue weighted by Gasteiger charge is -2.35. The average molecular weight is 282 g/mol. The van der Waals surface area contributed by atoms with Gasteiger partial charge in [0.25, 0.3) is 0 Å². The summed E-state index contributed by atoms with van der Waals surface area (Å²) in [5.74, 6) is 0.856. The molecule has 1 amide bonds. The Balaban J connectivity index is 1.77. The SMILES string of the molecule is CC(C)(C)OC(=O)NCC1(NCC2CCC2)CCCC1. The van der Waals surface area contributed by atoms with Crippen molar-refractivity contribution in [3.8, 4) is 0 Å². The number of carbonyl (C=O) groups excluding carboxylic acids is 1. The lowest BCUT2D eigenvalue weighted by atomic mass is 9.84. The van der Waals surface area contributed by atoms with E-state index in [1.165, 1.54) is 32.1 Å². The largest absolute Gasteiger partial charge is 0.444 e. The van der Waals surface area contributed by atoms with Crippen molar-refractivity contribution in [2.24, 2.45) is 5.92 Å². The quantitative estimate of drug-likeness (QED) is 0.814. The van der Waals surface area contributed by atoms with E-state index in [0.29, 0.717) is 6.54 Å². The summed E-state index contributed by atoms with van der Waals surface area (Å²) in [6.07, 6.45) is 8.65. The van der Waals surface area contributed by atoms with Crippen molar-refractivity contribution in [1.29, 1.82) is 0 Å². The van der Waals surface area contributed by atoms with E-state index >= 15 is 0 Å². The van der Waals surface area contributed by atoms with E-state index < -0.39 is 5.60 Å². The molecule has 0 aromatic carbocycles. The highest BCUT2D eigenvalue weighted by atomic mass is 16.6. The van der Waals surface area contributed by atoms with Crippen LogP contribution in [0.1, 0.15) is 65.7 Å². The van der Waals surface area contributed by atoms with Gasteiger partial charge >= 0.3 is 6.09 Å². The monoisotopic (exact) mass is 282 g/mol. The Labute approximate surface area is 123 Å². The molecule has 0 saturated heterocycles. The maximum Gasteiger partial charge on any atom is 0.407 e. The van der Waals surface area contributed by atoms with E-state index in [4.69, 9.17) is 4.74 Å². The number of ether oxygens (including phenoxy) is 1. The maximum absolute atomic E-state index is 11.8. The lowest BCUT2D eigenvalue weighted by molar-refractivity contribution is 0.0508. The van der Waals surface area contributed by atoms with Crippen molar-refractivity contribution in [2.75, 3.05) is 13.1 Å². The summed E-state index contributed by atoms with van der Waals surface area (Å²) < 4.78 is 5.32. The first kappa shape index (κ1) is 15.6. The molecule has 2 aliphatic carbocycles. The Kier molecular flexibility index (Phi) is 4.95. The topological polar surface area (TPSA) is 50.4 Å². The van der Waals surface area contributed by atoms with Gasteiger partial charge in [-0.2, -0.15) is 0 Å². The number of carbonyl (C=O) groups is 1. The van der Waals surface area contributed by atoms with Crippen LogP contribution in [0.5, 0.6) is 0 Å². The Hall–Kier alpha value is -0.770. The molecule has 0 atom stereocenters. The maximum atomic E-state index is 11.8. The molecule has 0 unspecified atom stereocenters. The normalized spacial score (nSPS) is 22.4. The van der Waals surface area contributed by atoms with Crippen LogP contribution >= 0.6 is 0 Å². The van der Waals surface area contributed by atoms with Crippen molar-refractivity contribution in [1.82, 2.24) is 10.6 Å². The predicted octanol–water partition coefficient (Wildman–Crippen LogP) is 3.21. The summed E-state index contributed by atoms with van der Waals surface area (Å²) in [6, 6.07) is 0. The van der Waals surface area contributed by atoms with E-state index in [1.807, 2.05) is 20.8 Å². The van der Waals surface area contributed by atoms with Gasteiger partial charge in [0.05, 0.1) is 0 Å². The fraction of sp³-hybridized carbons (Fsp3) is 0.938. The summed E-state index contributed by atoms with van der Waals surface area (Å²) in [5.41, 5.74) is -0.321. The van der Waals surface area contributed by atoms with Gasteiger partial charge in [-0.1, -0.05) is 19.3 Å². The van der Waals surface area contributed by atoms with Crippen LogP contribution < -0.4 is 10.6 Å². The van der Waals surface area contributed by atoms with Gasteiger partial charge in [0.2, 0.25) is 0 Å². The molecule has 2 aliphatic rings. The van der Waals surface area contributed by atoms with Gasteiger partial charge in [-0.05, 0) is 58.9 Å². The van der Waals surface area contributed by atoms with Crippen LogP contribution in [0.25, 0.3) is 0 Å². The molecule has 2 N–H and O–H groups in total. The Morgan fingerprint density at radius 3 is 2.35 bits per heavy atom. The molecule has 0 bridgehead atoms. The molecule has 20 heavy (non-hydrogen) atoms. The minimum absolute atomic E-state index is 0.104. The number of hydrogen-bond acceptors (Lipinski definition) is 3. The van der Waals surface area contributed by atoms with E-state index in [1.54, 1.807) is 0 Å². The summed E-state index contributed by atoms with van der Waals surface area (Å²) in [6.45, 7) is 7.48. The van der Waals surface area contributed by atoms with Gasteiger partial charge in [0, 0.05) is 12.1 Å². The third-order valence-electron chi connectivity index (χ3n) is 4.52. The van der Waals surface area contributed by atoms with Gasteiger partial charge in [0.1, 0.15) is 5.60 Å². The second-order valence-electron chi connectivity index (χ2n) is 7.52. The van der Waals surface area contributed by atoms with Gasteiger partial charge in [-0.3, -0.25) is 0 Å². The van der Waals surface area contributed by atoms with Gasteiger partial charge < -0.3 is 15.4 Å². The molecule has 0 aliphatic heterocycles. The van der Waals surface area contributed by atoms with Gasteiger partial charge in [-0.25, -0.2) is 4.79 Å². The van der Waals surface area contributed by atoms with Crippen LogP contribution in [0, 0.1) is 5.92 Å². The van der Waals surface area contributed by atoms with Crippen LogP contribution in [0.3, 0.4) is 0 Å². The van der Waals surface area contributed by atoms with E-state index in [-0.39, 0.29) is 11.6 Å². The van der Waals surface area contributed by atoms with Crippen LogP contribution in [-0.2, 0) is 4.74 Å². The Bertz CT molecular complexity index is 326. The first-order valence-corrected chi connectivity index (χ1v) is 8.10. The molecule has 4 nitrogen and oxygen atoms in total. The molecule has 0 aromatic rings. The fourth-order valence-electron chi connectivity index (χ4n) is 3.08. The van der Waals surface area contributed by atoms with Crippen molar-refractivity contribution < 1.29 is 9.53 Å². The highest BCUT2D eigenvalue weighted by molar-refractivity contribution is 5.67. The fourth-order valence-corrected chi connectivity index (χ4v) is 3.08. The summed E-state index contributed by atoms with van der Waals surface area (Å²) in [7, 11) is 0. The van der Waals surface area contributed by atoms with Crippen molar-refractivity contribution in [3.63, 3.8) is 0 Å². The standard InChI is InChI=1S/C16H30N2O2/c1-15(2,3)20-14(19)17-12-16(9-4-5-10-16)18-11-13-7-6-8-13/h13,18H,4-12H2,1-3H3,(H,17,19). The van der Waals surface area contributed by atoms with Crippen LogP contribution in [-0.4, -0.2) is 30.3 Å². The second kappa shape index (κ2) is 6.33. The molecule has 4 heteroatoms. The Morgan fingerprint density at radius 2 is 1.85 bits per heavy atom. The highest BCUT2D eigenvalue weighted by Crippen LogP contribution is 2.31. The van der Waals surface area contributed by atoms with E-state index in [2.05, 4.69) is 10.6 Å². The van der Waals surface area contributed by atoms with Crippen LogP contribution in [0.2, 0.25) is 0 Å². The molecule has 0 heterocycles. The average Bonchev–Trinajstić information content (AvgIpc) is 2.71. The summed E-state index contributed by atoms with van der Waals surface area (Å²) >= 11 is 0. The van der Waals surface area contributed by atoms with Gasteiger partial charge in [-0.15, -0.1) is 0 Å². The predicted molar refractivity (Wildman–Crippen MR) is 80.8 cm³/mol. The molecule has 0 aromatic heterocycles. The number of hydrogen-bond donors (Lipinski definition) is 2. The number of rotatable bonds is 5. The summed E-state index contributed by atoms with van der Waals surface area (Å²) in [5, 5.41) is 6.70. The minimum Gasteiger partial charge on any atom is -0.444 e. The molecular formula is C16H30N2O2. The minimum atomic E-state index is -0.424. The zero-order valence-corrected chi connectivity index (χ0v) is 13.3. The molecule has 2 rings (SSSR count). The van der Waals surface area contributed by atoms with Crippen molar-refractivity contribution in [3.05, 3.63) is 0 Å². The molecule has 0 radical (unpaired) electrons. The molecule has 2 saturated carbocycles. The van der Waals surface area contributed by atoms with Crippen LogP contribution in [0.4, 0.5) is 4.79 Å². The zero-order chi connectivity index (χ0) is 14.6. The molecule has 116 valence electrons. The smallest absolute Gasteiger partial charge is 0.407 e. The molecule has 0 spiro atoms. The molecule has 2 fully saturated rings. The second-order valence-corrected chi connectivity index (χ2v) is 7.52. The summed E-state index contributed by atoms with van der Waals surface area (Å²) in [4.78, 5) is 11.8. The lowest BCUT2D eigenvalue weighted by Crippen LogP contribution is -2.53. The third kappa shape index (κ3) is 4.65. The number of nitrogens with one attached hydrogen (secondary N) is 2. The van der Waals surface area contributed by atoms with E-state index in [9.17, 15) is 4.79 Å². The van der Waals surface area contributed by atoms with Crippen molar-refractivity contribution >= 4 is 6.09 Å². The van der Waals surface area contributed by atoms with Crippen LogP contribution in [0.15, 0.2) is 0 Å². The number of alkyl carbamates (subject to hydrolysis) is 1. The third-order valence-corrected chi connectivity index (χ3v) is 4.52. The van der Waals surface area contributed by atoms with E-state index in [0.717, 1.165) is 25.3 Å². The molecular weight excluding hydrogens is 252 g/mol. The van der Waals surface area contributed by atoms with Gasteiger partial charge in [0.15, 0.2) is 0 Å². The first-order chi connectivity index (χ1) is 9.39. The highest BCUT2D eigenvalue weighted by Gasteiger charge is 2.35. The number of amides is 1. The Morgan fingerprint density at radius 1 is 1.20 bits per heavy atom. The zero-order valence-electron chi connectivity index (χ0n) is 13.3. The first-order valence-electron chi connectivity index (χ1n) is 8.10.